The lowest BCUT2D eigenvalue weighted by Crippen LogP contribution is -2.15. The third-order valence-electron chi connectivity index (χ3n) is 4.04. The number of nitrogens with zero attached hydrogens (tertiary/aromatic N) is 3. The minimum absolute atomic E-state index is 0.0183. The van der Waals surface area contributed by atoms with Crippen LogP contribution in [0.3, 0.4) is 0 Å². The van der Waals surface area contributed by atoms with Gasteiger partial charge in [0.2, 0.25) is 5.95 Å². The second kappa shape index (κ2) is 8.40. The number of hydrogen-bond acceptors (Lipinski definition) is 5. The van der Waals surface area contributed by atoms with E-state index in [1.807, 2.05) is 13.8 Å². The Hall–Kier alpha value is -3.37. The molecule has 0 aliphatic rings. The van der Waals surface area contributed by atoms with E-state index in [2.05, 4.69) is 25.6 Å². The van der Waals surface area contributed by atoms with Gasteiger partial charge in [-0.05, 0) is 44.2 Å². The van der Waals surface area contributed by atoms with E-state index >= 15 is 0 Å². The molecule has 5 nitrogen and oxygen atoms in total. The van der Waals surface area contributed by atoms with E-state index in [1.54, 1.807) is 12.1 Å². The molecule has 11 heteroatoms. The molecule has 0 fully saturated rings. The highest BCUT2D eigenvalue weighted by atomic mass is 19.4. The molecule has 0 unspecified atom stereocenters. The van der Waals surface area contributed by atoms with Crippen molar-refractivity contribution >= 4 is 17.5 Å². The van der Waals surface area contributed by atoms with Crippen LogP contribution in [0.15, 0.2) is 48.8 Å². The van der Waals surface area contributed by atoms with E-state index < -0.39 is 29.2 Å². The van der Waals surface area contributed by atoms with Gasteiger partial charge in [-0.1, -0.05) is 0 Å². The van der Waals surface area contributed by atoms with Gasteiger partial charge in [0.15, 0.2) is 0 Å². The average Bonchev–Trinajstić information content (AvgIpc) is 2.66. The highest BCUT2D eigenvalue weighted by Gasteiger charge is 2.38. The summed E-state index contributed by atoms with van der Waals surface area (Å²) < 4.78 is 79.1. The maximum atomic E-state index is 13.5. The first-order valence-corrected chi connectivity index (χ1v) is 9.05. The summed E-state index contributed by atoms with van der Waals surface area (Å²) in [5.41, 5.74) is -2.38. The van der Waals surface area contributed by atoms with Gasteiger partial charge in [0, 0.05) is 30.1 Å². The molecule has 0 atom stereocenters. The molecule has 2 aromatic heterocycles. The summed E-state index contributed by atoms with van der Waals surface area (Å²) in [5, 5.41) is 5.45. The zero-order chi connectivity index (χ0) is 22.8. The normalized spacial score (nSPS) is 12.2. The number of halogens is 6. The Kier molecular flexibility index (Phi) is 6.05. The molecule has 3 rings (SSSR count). The maximum absolute atomic E-state index is 13.5. The molecule has 0 saturated carbocycles. The van der Waals surface area contributed by atoms with Gasteiger partial charge < -0.3 is 10.6 Å². The van der Waals surface area contributed by atoms with Crippen molar-refractivity contribution in [1.29, 1.82) is 0 Å². The van der Waals surface area contributed by atoms with Crippen LogP contribution < -0.4 is 10.6 Å². The highest BCUT2D eigenvalue weighted by Crippen LogP contribution is 2.40. The topological polar surface area (TPSA) is 62.7 Å². The van der Waals surface area contributed by atoms with Gasteiger partial charge in [0.05, 0.1) is 22.5 Å². The molecule has 31 heavy (non-hydrogen) atoms. The predicted octanol–water partition coefficient (Wildman–Crippen LogP) is 6.14. The van der Waals surface area contributed by atoms with Crippen LogP contribution >= 0.6 is 0 Å². The minimum atomic E-state index is -5.01. The van der Waals surface area contributed by atoms with E-state index in [4.69, 9.17) is 0 Å². The van der Waals surface area contributed by atoms with E-state index in [0.717, 1.165) is 6.07 Å². The van der Waals surface area contributed by atoms with Crippen molar-refractivity contribution in [3.8, 4) is 11.3 Å². The number of aromatic nitrogens is 3. The third-order valence-corrected chi connectivity index (χ3v) is 4.04. The van der Waals surface area contributed by atoms with E-state index in [-0.39, 0.29) is 23.9 Å². The summed E-state index contributed by atoms with van der Waals surface area (Å²) in [6, 6.07) is 6.02. The second-order valence-corrected chi connectivity index (χ2v) is 6.88. The lowest BCUT2D eigenvalue weighted by Gasteiger charge is -2.18. The van der Waals surface area contributed by atoms with Crippen molar-refractivity contribution in [2.75, 3.05) is 10.6 Å². The van der Waals surface area contributed by atoms with Gasteiger partial charge in [-0.2, -0.15) is 31.3 Å². The summed E-state index contributed by atoms with van der Waals surface area (Å²) in [6.07, 6.45) is -6.87. The molecule has 2 N–H and O–H groups in total. The van der Waals surface area contributed by atoms with Gasteiger partial charge in [0.25, 0.3) is 0 Å². The molecule has 0 aliphatic heterocycles. The molecular weight excluding hydrogens is 424 g/mol. The van der Waals surface area contributed by atoms with Crippen LogP contribution in [0.1, 0.15) is 25.0 Å². The van der Waals surface area contributed by atoms with Crippen LogP contribution in [0.2, 0.25) is 0 Å². The van der Waals surface area contributed by atoms with Crippen LogP contribution in [-0.4, -0.2) is 21.0 Å². The predicted molar refractivity (Wildman–Crippen MR) is 104 cm³/mol. The second-order valence-electron chi connectivity index (χ2n) is 6.88. The van der Waals surface area contributed by atoms with Crippen LogP contribution in [0.4, 0.5) is 43.8 Å². The SMILES string of the molecule is CC(C)Nc1nc(Nc2ccc(C(F)(F)F)cc2C(F)(F)F)cc(-c2ccncc2)n1. The molecule has 0 aliphatic carbocycles. The molecule has 2 heterocycles. The van der Waals surface area contributed by atoms with Crippen molar-refractivity contribution in [2.24, 2.45) is 0 Å². The molecule has 0 amide bonds. The number of benzene rings is 1. The number of pyridine rings is 1. The Labute approximate surface area is 173 Å². The monoisotopic (exact) mass is 441 g/mol. The van der Waals surface area contributed by atoms with E-state index in [1.165, 1.54) is 18.5 Å². The molecule has 3 aromatic rings. The third kappa shape index (κ3) is 5.62. The Morgan fingerprint density at radius 1 is 0.839 bits per heavy atom. The van der Waals surface area contributed by atoms with E-state index in [0.29, 0.717) is 17.3 Å². The average molecular weight is 441 g/mol. The summed E-state index contributed by atoms with van der Waals surface area (Å²) in [7, 11) is 0. The number of nitrogens with one attached hydrogen (secondary N) is 2. The van der Waals surface area contributed by atoms with Crippen molar-refractivity contribution in [2.45, 2.75) is 32.2 Å². The summed E-state index contributed by atoms with van der Waals surface area (Å²) in [4.78, 5) is 12.4. The molecule has 0 spiro atoms. The summed E-state index contributed by atoms with van der Waals surface area (Å²) >= 11 is 0. The lowest BCUT2D eigenvalue weighted by molar-refractivity contribution is -0.142. The number of hydrogen-bond donors (Lipinski definition) is 2. The van der Waals surface area contributed by atoms with Crippen LogP contribution in [0.25, 0.3) is 11.3 Å². The fourth-order valence-corrected chi connectivity index (χ4v) is 2.71. The first-order chi connectivity index (χ1) is 14.4. The Balaban J connectivity index is 2.07. The number of alkyl halides is 6. The van der Waals surface area contributed by atoms with Gasteiger partial charge >= 0.3 is 12.4 Å². The maximum Gasteiger partial charge on any atom is 0.418 e. The quantitative estimate of drug-likeness (QED) is 0.466. The van der Waals surface area contributed by atoms with Crippen LogP contribution in [-0.2, 0) is 12.4 Å². The first kappa shape index (κ1) is 22.3. The largest absolute Gasteiger partial charge is 0.418 e. The first-order valence-electron chi connectivity index (χ1n) is 9.05. The van der Waals surface area contributed by atoms with Crippen LogP contribution in [0.5, 0.6) is 0 Å². The standard InChI is InChI=1S/C20H17F6N5/c1-11(2)28-18-30-16(12-5-7-27-8-6-12)10-17(31-18)29-15-4-3-13(19(21,22)23)9-14(15)20(24,25)26/h3-11H,1-2H3,(H2,28,29,30,31). The number of rotatable bonds is 5. The fourth-order valence-electron chi connectivity index (χ4n) is 2.71. The van der Waals surface area contributed by atoms with Gasteiger partial charge in [0.1, 0.15) is 5.82 Å². The van der Waals surface area contributed by atoms with Crippen molar-refractivity contribution < 1.29 is 26.3 Å². The zero-order valence-electron chi connectivity index (χ0n) is 16.3. The number of anilines is 3. The van der Waals surface area contributed by atoms with Gasteiger partial charge in [-0.3, -0.25) is 4.98 Å². The van der Waals surface area contributed by atoms with Crippen molar-refractivity contribution in [3.63, 3.8) is 0 Å². The van der Waals surface area contributed by atoms with Crippen molar-refractivity contribution in [3.05, 3.63) is 59.9 Å². The van der Waals surface area contributed by atoms with Crippen molar-refractivity contribution in [1.82, 2.24) is 15.0 Å². The Morgan fingerprint density at radius 3 is 2.10 bits per heavy atom. The summed E-state index contributed by atoms with van der Waals surface area (Å²) in [6.45, 7) is 3.65. The smallest absolute Gasteiger partial charge is 0.352 e. The van der Waals surface area contributed by atoms with Crippen LogP contribution in [0, 0.1) is 0 Å². The van der Waals surface area contributed by atoms with Gasteiger partial charge in [-0.25, -0.2) is 4.98 Å². The van der Waals surface area contributed by atoms with E-state index in [9.17, 15) is 26.3 Å². The lowest BCUT2D eigenvalue weighted by atomic mass is 10.1. The Bertz CT molecular complexity index is 1050. The van der Waals surface area contributed by atoms with Gasteiger partial charge in [-0.15, -0.1) is 0 Å². The molecular formula is C20H17F6N5. The molecule has 0 bridgehead atoms. The molecule has 164 valence electrons. The highest BCUT2D eigenvalue weighted by molar-refractivity contribution is 5.69. The molecule has 0 saturated heterocycles. The fraction of sp³-hybridized carbons (Fsp3) is 0.250. The summed E-state index contributed by atoms with van der Waals surface area (Å²) in [5.74, 6) is 0.127. The molecule has 0 radical (unpaired) electrons. The molecule has 1 aromatic carbocycles. The Morgan fingerprint density at radius 2 is 1.52 bits per heavy atom. The zero-order valence-corrected chi connectivity index (χ0v) is 16.3. The minimum Gasteiger partial charge on any atom is -0.352 e.